The molecule has 1 N–H and O–H groups in total. The lowest BCUT2D eigenvalue weighted by atomic mass is 10.2. The molecule has 126 valence electrons. The number of benzene rings is 1. The Kier molecular flexibility index (Phi) is 4.64. The summed E-state index contributed by atoms with van der Waals surface area (Å²) >= 11 is 5.81. The minimum absolute atomic E-state index is 0.0126. The van der Waals surface area contributed by atoms with Gasteiger partial charge in [-0.2, -0.15) is 4.31 Å². The average Bonchev–Trinajstić information content (AvgIpc) is 3.18. The molecule has 2 aliphatic heterocycles. The molecule has 6 nitrogen and oxygen atoms in total. The third-order valence-electron chi connectivity index (χ3n) is 4.59. The average molecular weight is 359 g/mol. The van der Waals surface area contributed by atoms with Gasteiger partial charge >= 0.3 is 5.97 Å². The van der Waals surface area contributed by atoms with Crippen LogP contribution in [0.5, 0.6) is 0 Å². The van der Waals surface area contributed by atoms with Gasteiger partial charge in [0.15, 0.2) is 0 Å². The van der Waals surface area contributed by atoms with Crippen LogP contribution in [0.3, 0.4) is 0 Å². The highest BCUT2D eigenvalue weighted by Gasteiger charge is 2.36. The Morgan fingerprint density at radius 2 is 1.91 bits per heavy atom. The van der Waals surface area contributed by atoms with Crippen LogP contribution in [0.15, 0.2) is 23.1 Å². The van der Waals surface area contributed by atoms with Gasteiger partial charge in [0.25, 0.3) is 0 Å². The Hall–Kier alpha value is -1.15. The number of likely N-dealkylation sites (tertiary alicyclic amines) is 1. The molecule has 0 saturated carbocycles. The molecule has 1 aromatic rings. The Morgan fingerprint density at radius 3 is 2.57 bits per heavy atom. The minimum atomic E-state index is -3.69. The fraction of sp³-hybridized carbons (Fsp3) is 0.533. The normalized spacial score (nSPS) is 23.4. The Balaban J connectivity index is 1.82. The lowest BCUT2D eigenvalue weighted by Crippen LogP contribution is -2.37. The molecule has 2 heterocycles. The van der Waals surface area contributed by atoms with Gasteiger partial charge in [-0.1, -0.05) is 11.6 Å². The molecular weight excluding hydrogens is 340 g/mol. The molecule has 2 aliphatic rings. The number of aromatic carboxylic acids is 1. The molecule has 1 aromatic carbocycles. The number of hydrogen-bond acceptors (Lipinski definition) is 4. The van der Waals surface area contributed by atoms with Crippen molar-refractivity contribution in [2.24, 2.45) is 0 Å². The zero-order valence-corrected chi connectivity index (χ0v) is 14.2. The standard InChI is InChI=1S/C15H19ClN2O4S/c16-14-4-3-12(9-13(14)15(19)20)23(21,22)18-8-5-11(10-18)17-6-1-2-7-17/h3-4,9,11H,1-2,5-8,10H2,(H,19,20). The van der Waals surface area contributed by atoms with Crippen LogP contribution in [0.1, 0.15) is 29.6 Å². The van der Waals surface area contributed by atoms with E-state index in [1.165, 1.54) is 29.3 Å². The molecule has 1 unspecified atom stereocenters. The van der Waals surface area contributed by atoms with Crippen LogP contribution in [-0.2, 0) is 10.0 Å². The molecule has 0 aromatic heterocycles. The topological polar surface area (TPSA) is 77.9 Å². The third kappa shape index (κ3) is 3.24. The zero-order valence-electron chi connectivity index (χ0n) is 12.6. The number of sulfonamides is 1. The molecule has 2 saturated heterocycles. The van der Waals surface area contributed by atoms with Gasteiger partial charge in [-0.25, -0.2) is 13.2 Å². The quantitative estimate of drug-likeness (QED) is 0.889. The summed E-state index contributed by atoms with van der Waals surface area (Å²) in [6.07, 6.45) is 3.16. The number of hydrogen-bond donors (Lipinski definition) is 1. The van der Waals surface area contributed by atoms with Crippen LogP contribution in [0.4, 0.5) is 0 Å². The van der Waals surface area contributed by atoms with Crippen molar-refractivity contribution in [3.05, 3.63) is 28.8 Å². The summed E-state index contributed by atoms with van der Waals surface area (Å²) < 4.78 is 27.0. The van der Waals surface area contributed by atoms with Crippen molar-refractivity contribution in [3.8, 4) is 0 Å². The van der Waals surface area contributed by atoms with Crippen LogP contribution < -0.4 is 0 Å². The molecule has 8 heteroatoms. The number of halogens is 1. The Labute approximate surface area is 140 Å². The summed E-state index contributed by atoms with van der Waals surface area (Å²) in [7, 11) is -3.69. The van der Waals surface area contributed by atoms with Crippen molar-refractivity contribution in [1.29, 1.82) is 0 Å². The molecule has 2 fully saturated rings. The summed E-state index contributed by atoms with van der Waals surface area (Å²) in [6.45, 7) is 2.99. The maximum atomic E-state index is 12.8. The zero-order chi connectivity index (χ0) is 16.6. The molecule has 0 amide bonds. The molecule has 0 radical (unpaired) electrons. The number of rotatable bonds is 4. The van der Waals surface area contributed by atoms with E-state index in [1.54, 1.807) is 0 Å². The molecule has 23 heavy (non-hydrogen) atoms. The fourth-order valence-electron chi connectivity index (χ4n) is 3.31. The van der Waals surface area contributed by atoms with Crippen molar-refractivity contribution >= 4 is 27.6 Å². The largest absolute Gasteiger partial charge is 0.478 e. The van der Waals surface area contributed by atoms with E-state index in [0.29, 0.717) is 13.1 Å². The van der Waals surface area contributed by atoms with E-state index >= 15 is 0 Å². The molecule has 0 bridgehead atoms. The Morgan fingerprint density at radius 1 is 1.22 bits per heavy atom. The second kappa shape index (κ2) is 6.39. The van der Waals surface area contributed by atoms with Crippen molar-refractivity contribution in [3.63, 3.8) is 0 Å². The smallest absolute Gasteiger partial charge is 0.337 e. The third-order valence-corrected chi connectivity index (χ3v) is 6.78. The predicted molar refractivity (Wildman–Crippen MR) is 86.4 cm³/mol. The first-order valence-corrected chi connectivity index (χ1v) is 9.48. The predicted octanol–water partition coefficient (Wildman–Crippen LogP) is 1.90. The first-order valence-electron chi connectivity index (χ1n) is 7.66. The van der Waals surface area contributed by atoms with Crippen LogP contribution in [-0.4, -0.2) is 60.9 Å². The number of nitrogens with zero attached hydrogens (tertiary/aromatic N) is 2. The number of carboxylic acids is 1. The second-order valence-electron chi connectivity index (χ2n) is 6.00. The molecule has 0 spiro atoms. The van der Waals surface area contributed by atoms with E-state index in [1.807, 2.05) is 0 Å². The van der Waals surface area contributed by atoms with Gasteiger partial charge in [-0.05, 0) is 50.6 Å². The Bertz CT molecular complexity index is 716. The minimum Gasteiger partial charge on any atom is -0.478 e. The SMILES string of the molecule is O=C(O)c1cc(S(=O)(=O)N2CCC(N3CCCC3)C2)ccc1Cl. The summed E-state index contributed by atoms with van der Waals surface area (Å²) in [5, 5.41) is 9.14. The van der Waals surface area contributed by atoms with E-state index in [2.05, 4.69) is 4.90 Å². The van der Waals surface area contributed by atoms with Crippen LogP contribution in [0.2, 0.25) is 5.02 Å². The highest BCUT2D eigenvalue weighted by Crippen LogP contribution is 2.28. The highest BCUT2D eigenvalue weighted by atomic mass is 35.5. The lowest BCUT2D eigenvalue weighted by molar-refractivity contribution is 0.0697. The van der Waals surface area contributed by atoms with E-state index in [9.17, 15) is 13.2 Å². The van der Waals surface area contributed by atoms with Gasteiger partial charge < -0.3 is 5.11 Å². The van der Waals surface area contributed by atoms with E-state index in [-0.39, 0.29) is 21.5 Å². The van der Waals surface area contributed by atoms with Gasteiger partial charge in [0.1, 0.15) is 0 Å². The van der Waals surface area contributed by atoms with Crippen molar-refractivity contribution in [2.45, 2.75) is 30.2 Å². The van der Waals surface area contributed by atoms with E-state index in [0.717, 1.165) is 25.6 Å². The molecule has 1 atom stereocenters. The summed E-state index contributed by atoms with van der Waals surface area (Å²) in [5.74, 6) is -1.23. The van der Waals surface area contributed by atoms with Gasteiger partial charge in [0, 0.05) is 19.1 Å². The summed E-state index contributed by atoms with van der Waals surface area (Å²) in [5.41, 5.74) is -0.192. The van der Waals surface area contributed by atoms with Crippen molar-refractivity contribution in [1.82, 2.24) is 9.21 Å². The number of carbonyl (C=O) groups is 1. The maximum absolute atomic E-state index is 12.8. The fourth-order valence-corrected chi connectivity index (χ4v) is 5.03. The monoisotopic (exact) mass is 358 g/mol. The van der Waals surface area contributed by atoms with Crippen molar-refractivity contribution < 1.29 is 18.3 Å². The highest BCUT2D eigenvalue weighted by molar-refractivity contribution is 7.89. The van der Waals surface area contributed by atoms with Crippen LogP contribution >= 0.6 is 11.6 Å². The van der Waals surface area contributed by atoms with E-state index in [4.69, 9.17) is 16.7 Å². The number of carboxylic acid groups (broad SMARTS) is 1. The first kappa shape index (κ1) is 16.7. The molecule has 3 rings (SSSR count). The first-order chi connectivity index (χ1) is 10.9. The second-order valence-corrected chi connectivity index (χ2v) is 8.34. The van der Waals surface area contributed by atoms with Gasteiger partial charge in [0.2, 0.25) is 10.0 Å². The van der Waals surface area contributed by atoms with Crippen molar-refractivity contribution in [2.75, 3.05) is 26.2 Å². The van der Waals surface area contributed by atoms with E-state index < -0.39 is 16.0 Å². The molecule has 0 aliphatic carbocycles. The van der Waals surface area contributed by atoms with Gasteiger partial charge in [0.05, 0.1) is 15.5 Å². The summed E-state index contributed by atoms with van der Waals surface area (Å²) in [6, 6.07) is 4.10. The summed E-state index contributed by atoms with van der Waals surface area (Å²) in [4.78, 5) is 13.5. The lowest BCUT2D eigenvalue weighted by Gasteiger charge is -2.23. The molecular formula is C15H19ClN2O4S. The maximum Gasteiger partial charge on any atom is 0.337 e. The van der Waals surface area contributed by atoms with Gasteiger partial charge in [-0.15, -0.1) is 0 Å². The van der Waals surface area contributed by atoms with Gasteiger partial charge in [-0.3, -0.25) is 4.90 Å². The van der Waals surface area contributed by atoms with Crippen LogP contribution in [0.25, 0.3) is 0 Å². The van der Waals surface area contributed by atoms with Crippen LogP contribution in [0, 0.1) is 0 Å².